The molecule has 0 saturated carbocycles. The largest absolute Gasteiger partial charge is 0.478 e. The van der Waals surface area contributed by atoms with Gasteiger partial charge in [0.15, 0.2) is 0 Å². The minimum Gasteiger partial charge on any atom is -0.478 e. The first kappa shape index (κ1) is 16.0. The molecule has 5 nitrogen and oxygen atoms in total. The Balaban J connectivity index is 2.14. The van der Waals surface area contributed by atoms with Gasteiger partial charge in [0.05, 0.1) is 11.3 Å². The molecule has 6 heteroatoms. The average molecular weight is 311 g/mol. The third kappa shape index (κ3) is 3.83. The van der Waals surface area contributed by atoms with Crippen LogP contribution in [0, 0.1) is 11.8 Å². The van der Waals surface area contributed by atoms with E-state index in [0.29, 0.717) is 30.5 Å². The molecule has 2 unspecified atom stereocenters. The monoisotopic (exact) mass is 311 g/mol. The highest BCUT2D eigenvalue weighted by Gasteiger charge is 2.30. The number of sulfonamides is 1. The van der Waals surface area contributed by atoms with E-state index in [1.54, 1.807) is 12.1 Å². The topological polar surface area (TPSA) is 74.7 Å². The fraction of sp³-hybridized carbons (Fsp3) is 0.533. The van der Waals surface area contributed by atoms with Crippen LogP contribution in [-0.4, -0.2) is 36.9 Å². The van der Waals surface area contributed by atoms with Crippen molar-refractivity contribution < 1.29 is 18.3 Å². The number of carbonyl (C=O) groups is 1. The number of carboxylic acid groups (broad SMARTS) is 1. The number of aromatic carboxylic acids is 1. The number of hydrogen-bond acceptors (Lipinski definition) is 3. The van der Waals surface area contributed by atoms with Crippen LogP contribution < -0.4 is 0 Å². The summed E-state index contributed by atoms with van der Waals surface area (Å²) in [4.78, 5) is 10.9. The fourth-order valence-corrected chi connectivity index (χ4v) is 4.20. The number of rotatable bonds is 4. The van der Waals surface area contributed by atoms with Crippen LogP contribution in [0.25, 0.3) is 0 Å². The third-order valence-electron chi connectivity index (χ3n) is 4.21. The second-order valence-corrected chi connectivity index (χ2v) is 7.83. The van der Waals surface area contributed by atoms with E-state index < -0.39 is 16.0 Å². The lowest BCUT2D eigenvalue weighted by Crippen LogP contribution is -2.42. The van der Waals surface area contributed by atoms with Crippen LogP contribution in [0.4, 0.5) is 0 Å². The molecular formula is C15H21NO4S. The lowest BCUT2D eigenvalue weighted by molar-refractivity contribution is 0.0696. The van der Waals surface area contributed by atoms with Gasteiger partial charge in [0.1, 0.15) is 0 Å². The van der Waals surface area contributed by atoms with Gasteiger partial charge in [0.2, 0.25) is 10.0 Å². The Morgan fingerprint density at radius 2 is 2.05 bits per heavy atom. The molecule has 0 amide bonds. The van der Waals surface area contributed by atoms with Crippen LogP contribution in [-0.2, 0) is 15.8 Å². The summed E-state index contributed by atoms with van der Waals surface area (Å²) in [6.07, 6.45) is 0.871. The number of piperidine rings is 1. The second kappa shape index (κ2) is 6.15. The van der Waals surface area contributed by atoms with Crippen LogP contribution in [0.15, 0.2) is 24.3 Å². The minimum atomic E-state index is -3.39. The first-order valence-electron chi connectivity index (χ1n) is 7.09. The molecule has 21 heavy (non-hydrogen) atoms. The number of hydrogen-bond donors (Lipinski definition) is 1. The third-order valence-corrected chi connectivity index (χ3v) is 6.03. The molecule has 1 aliphatic heterocycles. The smallest absolute Gasteiger partial charge is 0.335 e. The van der Waals surface area contributed by atoms with Crippen molar-refractivity contribution in [2.45, 2.75) is 26.0 Å². The van der Waals surface area contributed by atoms with E-state index in [1.165, 1.54) is 16.4 Å². The van der Waals surface area contributed by atoms with Crippen molar-refractivity contribution in [2.75, 3.05) is 13.1 Å². The normalized spacial score (nSPS) is 23.9. The van der Waals surface area contributed by atoms with E-state index in [9.17, 15) is 13.2 Å². The summed E-state index contributed by atoms with van der Waals surface area (Å²) in [6.45, 7) is 5.30. The molecule has 1 aromatic rings. The fourth-order valence-electron chi connectivity index (χ4n) is 2.57. The van der Waals surface area contributed by atoms with Gasteiger partial charge in [-0.2, -0.15) is 0 Å². The van der Waals surface area contributed by atoms with E-state index in [-0.39, 0.29) is 11.3 Å². The lowest BCUT2D eigenvalue weighted by atomic mass is 9.90. The van der Waals surface area contributed by atoms with E-state index in [0.717, 1.165) is 6.42 Å². The first-order valence-corrected chi connectivity index (χ1v) is 8.70. The van der Waals surface area contributed by atoms with E-state index in [1.807, 2.05) is 0 Å². The van der Waals surface area contributed by atoms with Crippen molar-refractivity contribution in [3.63, 3.8) is 0 Å². The summed E-state index contributed by atoms with van der Waals surface area (Å²) in [5, 5.41) is 8.96. The molecule has 2 atom stereocenters. The molecule has 0 aromatic heterocycles. The Morgan fingerprint density at radius 3 is 2.67 bits per heavy atom. The minimum absolute atomic E-state index is 0.114. The van der Waals surface area contributed by atoms with Gasteiger partial charge >= 0.3 is 5.97 Å². The quantitative estimate of drug-likeness (QED) is 0.925. The van der Waals surface area contributed by atoms with Gasteiger partial charge in [-0.1, -0.05) is 26.0 Å². The van der Waals surface area contributed by atoms with Gasteiger partial charge in [0, 0.05) is 13.1 Å². The summed E-state index contributed by atoms with van der Waals surface area (Å²) in [5.41, 5.74) is 0.629. The van der Waals surface area contributed by atoms with Crippen molar-refractivity contribution in [3.05, 3.63) is 35.4 Å². The Morgan fingerprint density at radius 1 is 1.33 bits per heavy atom. The Labute approximate surface area is 125 Å². The average Bonchev–Trinajstić information content (AvgIpc) is 2.41. The van der Waals surface area contributed by atoms with Crippen molar-refractivity contribution in [1.29, 1.82) is 0 Å². The van der Waals surface area contributed by atoms with Gasteiger partial charge in [-0.3, -0.25) is 0 Å². The summed E-state index contributed by atoms with van der Waals surface area (Å²) < 4.78 is 26.5. The molecule has 116 valence electrons. The Kier molecular flexibility index (Phi) is 4.68. The van der Waals surface area contributed by atoms with Crippen molar-refractivity contribution in [2.24, 2.45) is 11.8 Å². The predicted octanol–water partition coefficient (Wildman–Crippen LogP) is 2.19. The highest BCUT2D eigenvalue weighted by atomic mass is 32.2. The van der Waals surface area contributed by atoms with Crippen LogP contribution in [0.5, 0.6) is 0 Å². The van der Waals surface area contributed by atoms with Crippen molar-refractivity contribution >= 4 is 16.0 Å². The highest BCUT2D eigenvalue weighted by molar-refractivity contribution is 7.88. The van der Waals surface area contributed by atoms with Crippen molar-refractivity contribution in [3.8, 4) is 0 Å². The predicted molar refractivity (Wildman–Crippen MR) is 80.5 cm³/mol. The summed E-state index contributed by atoms with van der Waals surface area (Å²) >= 11 is 0. The SMILES string of the molecule is CC1CCN(S(=O)(=O)Cc2cccc(C(=O)O)c2)CC1C. The second-order valence-electron chi connectivity index (χ2n) is 5.86. The van der Waals surface area contributed by atoms with E-state index in [2.05, 4.69) is 13.8 Å². The number of nitrogens with zero attached hydrogens (tertiary/aromatic N) is 1. The van der Waals surface area contributed by atoms with Gasteiger partial charge in [0.25, 0.3) is 0 Å². The van der Waals surface area contributed by atoms with Gasteiger partial charge in [-0.05, 0) is 36.0 Å². The standard InChI is InChI=1S/C15H21NO4S/c1-11-6-7-16(9-12(11)2)21(19,20)10-13-4-3-5-14(8-13)15(17)18/h3-5,8,11-12H,6-7,9-10H2,1-2H3,(H,17,18). The van der Waals surface area contributed by atoms with Crippen LogP contribution in [0.1, 0.15) is 36.2 Å². The molecule has 0 radical (unpaired) electrons. The molecule has 1 aromatic carbocycles. The number of carboxylic acids is 1. The zero-order valence-electron chi connectivity index (χ0n) is 12.3. The van der Waals surface area contributed by atoms with Gasteiger partial charge in [-0.25, -0.2) is 17.5 Å². The molecular weight excluding hydrogens is 290 g/mol. The van der Waals surface area contributed by atoms with E-state index in [4.69, 9.17) is 5.11 Å². The highest BCUT2D eigenvalue weighted by Crippen LogP contribution is 2.25. The molecule has 1 saturated heterocycles. The molecule has 1 N–H and O–H groups in total. The summed E-state index contributed by atoms with van der Waals surface area (Å²) in [7, 11) is -3.39. The first-order chi connectivity index (χ1) is 9.79. The summed E-state index contributed by atoms with van der Waals surface area (Å²) in [5.74, 6) is -0.310. The zero-order chi connectivity index (χ0) is 15.6. The van der Waals surface area contributed by atoms with Gasteiger partial charge in [-0.15, -0.1) is 0 Å². The molecule has 1 aliphatic rings. The Bertz CT molecular complexity index is 626. The zero-order valence-corrected chi connectivity index (χ0v) is 13.1. The van der Waals surface area contributed by atoms with Crippen LogP contribution in [0.2, 0.25) is 0 Å². The van der Waals surface area contributed by atoms with Crippen LogP contribution >= 0.6 is 0 Å². The maximum absolute atomic E-state index is 12.5. The molecule has 2 rings (SSSR count). The summed E-state index contributed by atoms with van der Waals surface area (Å²) in [6, 6.07) is 6.12. The van der Waals surface area contributed by atoms with E-state index >= 15 is 0 Å². The molecule has 0 bridgehead atoms. The molecule has 0 spiro atoms. The maximum atomic E-state index is 12.5. The van der Waals surface area contributed by atoms with Gasteiger partial charge < -0.3 is 5.11 Å². The maximum Gasteiger partial charge on any atom is 0.335 e. The van der Waals surface area contributed by atoms with Crippen molar-refractivity contribution in [1.82, 2.24) is 4.31 Å². The van der Waals surface area contributed by atoms with Crippen LogP contribution in [0.3, 0.4) is 0 Å². The molecule has 0 aliphatic carbocycles. The Hall–Kier alpha value is -1.40. The lowest BCUT2D eigenvalue weighted by Gasteiger charge is -2.34. The molecule has 1 fully saturated rings. The molecule has 1 heterocycles. The number of benzene rings is 1.